The number of hydrogen-bond acceptors (Lipinski definition) is 10. The fraction of sp³-hybridized carbons (Fsp3) is 0.714. The van der Waals surface area contributed by atoms with Gasteiger partial charge in [-0.25, -0.2) is 9.59 Å². The van der Waals surface area contributed by atoms with Crippen molar-refractivity contribution in [3.05, 3.63) is 11.6 Å². The number of esters is 3. The fourth-order valence-electron chi connectivity index (χ4n) is 3.62. The third-order valence-corrected chi connectivity index (χ3v) is 6.00. The normalized spacial score (nSPS) is 34.7. The van der Waals surface area contributed by atoms with Crippen LogP contribution in [0.3, 0.4) is 0 Å². The zero-order valence-electron chi connectivity index (χ0n) is 18.5. The van der Waals surface area contributed by atoms with Crippen LogP contribution >= 0.6 is 0 Å². The van der Waals surface area contributed by atoms with E-state index in [1.54, 1.807) is 6.08 Å². The lowest BCUT2D eigenvalue weighted by molar-refractivity contribution is -0.199. The summed E-state index contributed by atoms with van der Waals surface area (Å²) in [7, 11) is 1.81. The van der Waals surface area contributed by atoms with Crippen LogP contribution in [0.25, 0.3) is 0 Å². The Morgan fingerprint density at radius 3 is 2.55 bits per heavy atom. The first-order chi connectivity index (χ1) is 14.3. The van der Waals surface area contributed by atoms with Gasteiger partial charge in [-0.3, -0.25) is 9.59 Å². The summed E-state index contributed by atoms with van der Waals surface area (Å²) in [6.45, 7) is 5.55. The Kier molecular flexibility index (Phi) is 7.61. The number of aliphatic hydroxyl groups is 2. The minimum absolute atomic E-state index is 0.122. The minimum Gasteiger partial charge on any atom is -0.458 e. The Balaban J connectivity index is 2.56. The predicted molar refractivity (Wildman–Crippen MR) is 107 cm³/mol. The zero-order valence-corrected chi connectivity index (χ0v) is 18.5. The van der Waals surface area contributed by atoms with Gasteiger partial charge in [0.1, 0.15) is 6.61 Å². The highest BCUT2D eigenvalue weighted by Gasteiger charge is 2.53. The first kappa shape index (κ1) is 25.0. The highest BCUT2D eigenvalue weighted by molar-refractivity contribution is 6.01. The number of fused-ring (bicyclic) bond motifs is 2. The number of Topliss-reactive ketones (excluding diaryl/α,β-unsaturated/α-hetero) is 1. The summed E-state index contributed by atoms with van der Waals surface area (Å²) in [5, 5.41) is 21.2. The average molecular weight is 441 g/mol. The van der Waals surface area contributed by atoms with E-state index in [2.05, 4.69) is 0 Å². The van der Waals surface area contributed by atoms with Crippen molar-refractivity contribution in [3.8, 4) is 0 Å². The molecule has 0 unspecified atom stereocenters. The lowest BCUT2D eigenvalue weighted by Crippen LogP contribution is -2.57. The molecule has 0 aliphatic carbocycles. The van der Waals surface area contributed by atoms with Gasteiger partial charge in [0.15, 0.2) is 11.7 Å². The van der Waals surface area contributed by atoms with Crippen molar-refractivity contribution >= 4 is 23.7 Å². The van der Waals surface area contributed by atoms with Crippen LogP contribution in [0.15, 0.2) is 11.6 Å². The van der Waals surface area contributed by atoms with Gasteiger partial charge >= 0.3 is 17.9 Å². The highest BCUT2D eigenvalue weighted by atomic mass is 16.6. The van der Waals surface area contributed by atoms with Crippen molar-refractivity contribution in [3.63, 3.8) is 0 Å². The van der Waals surface area contributed by atoms with Crippen LogP contribution in [0.2, 0.25) is 0 Å². The van der Waals surface area contributed by atoms with Crippen LogP contribution < -0.4 is 0 Å². The van der Waals surface area contributed by atoms with E-state index in [1.165, 1.54) is 20.8 Å². The second kappa shape index (κ2) is 9.46. The number of aliphatic hydroxyl groups excluding tert-OH is 1. The summed E-state index contributed by atoms with van der Waals surface area (Å²) in [5.41, 5.74) is -4.20. The van der Waals surface area contributed by atoms with Crippen LogP contribution in [0.5, 0.6) is 0 Å². The van der Waals surface area contributed by atoms with E-state index in [4.69, 9.17) is 14.2 Å². The van der Waals surface area contributed by atoms with Gasteiger partial charge < -0.3 is 29.3 Å². The Bertz CT molecular complexity index is 777. The zero-order chi connectivity index (χ0) is 23.6. The molecular formula is C21H31NO9. The molecule has 31 heavy (non-hydrogen) atoms. The monoisotopic (exact) mass is 441 g/mol. The molecule has 1 saturated heterocycles. The van der Waals surface area contributed by atoms with Gasteiger partial charge in [-0.1, -0.05) is 13.0 Å². The van der Waals surface area contributed by atoms with Gasteiger partial charge in [0.25, 0.3) is 0 Å². The molecule has 0 radical (unpaired) electrons. The predicted octanol–water partition coefficient (Wildman–Crippen LogP) is -0.254. The van der Waals surface area contributed by atoms with Gasteiger partial charge in [0.2, 0.25) is 11.4 Å². The number of nitrogens with zero attached hydrogens (tertiary/aromatic N) is 1. The molecule has 0 aromatic rings. The molecule has 10 heteroatoms. The molecule has 0 saturated carbocycles. The molecule has 0 spiro atoms. The molecule has 5 atom stereocenters. The first-order valence-corrected chi connectivity index (χ1v) is 10.2. The van der Waals surface area contributed by atoms with Crippen molar-refractivity contribution in [2.24, 2.45) is 5.92 Å². The van der Waals surface area contributed by atoms with Gasteiger partial charge in [-0.05, 0) is 27.3 Å². The average Bonchev–Trinajstić information content (AvgIpc) is 2.67. The summed E-state index contributed by atoms with van der Waals surface area (Å²) in [6, 6.07) is 0. The number of likely N-dealkylation sites (N-methyl/N-ethyl adjacent to an activating group) is 1. The lowest BCUT2D eigenvalue weighted by Gasteiger charge is -2.39. The van der Waals surface area contributed by atoms with Crippen LogP contribution in [-0.2, 0) is 33.4 Å². The topological polar surface area (TPSA) is 140 Å². The molecule has 2 bridgehead atoms. The summed E-state index contributed by atoms with van der Waals surface area (Å²) in [5.74, 6) is -4.39. The minimum atomic E-state index is -2.45. The molecule has 1 fully saturated rings. The molecule has 2 heterocycles. The molecule has 174 valence electrons. The molecule has 2 aliphatic rings. The summed E-state index contributed by atoms with van der Waals surface area (Å²) in [6.07, 6.45) is -1.53. The second-order valence-corrected chi connectivity index (χ2v) is 8.52. The van der Waals surface area contributed by atoms with Gasteiger partial charge in [0.05, 0.1) is 6.10 Å². The standard InChI is InChI=1S/C21H31NO9/c1-12-10-21(28,13(2)23)19(27)30-16-7-9-22(5)8-6-15(17(16)25)11-29-18(26)20(12,4)31-14(3)24/h6,12-13,16,23,28H,7-11H2,1-5H3/t12-,13-,16-,20+,21+/m1/s1. The van der Waals surface area contributed by atoms with E-state index in [0.29, 0.717) is 13.1 Å². The summed E-state index contributed by atoms with van der Waals surface area (Å²) >= 11 is 0. The Morgan fingerprint density at radius 1 is 1.32 bits per heavy atom. The van der Waals surface area contributed by atoms with Crippen molar-refractivity contribution in [1.82, 2.24) is 4.90 Å². The number of carbonyl (C=O) groups excluding carboxylic acids is 4. The number of carbonyl (C=O) groups is 4. The summed E-state index contributed by atoms with van der Waals surface area (Å²) < 4.78 is 16.0. The molecule has 0 amide bonds. The quantitative estimate of drug-likeness (QED) is 0.435. The highest BCUT2D eigenvalue weighted by Crippen LogP contribution is 2.34. The van der Waals surface area contributed by atoms with Gasteiger partial charge in [-0.15, -0.1) is 0 Å². The van der Waals surface area contributed by atoms with Crippen molar-refractivity contribution in [2.75, 3.05) is 26.7 Å². The van der Waals surface area contributed by atoms with Crippen molar-refractivity contribution in [2.45, 2.75) is 63.9 Å². The maximum Gasteiger partial charge on any atom is 0.350 e. The fourth-order valence-corrected chi connectivity index (χ4v) is 3.62. The molecule has 10 nitrogen and oxygen atoms in total. The first-order valence-electron chi connectivity index (χ1n) is 10.2. The third-order valence-electron chi connectivity index (χ3n) is 6.00. The molecule has 2 rings (SSSR count). The second-order valence-electron chi connectivity index (χ2n) is 8.52. The van der Waals surface area contributed by atoms with Crippen LogP contribution in [-0.4, -0.2) is 89.0 Å². The molecular weight excluding hydrogens is 410 g/mol. The smallest absolute Gasteiger partial charge is 0.350 e. The maximum atomic E-state index is 13.0. The summed E-state index contributed by atoms with van der Waals surface area (Å²) in [4.78, 5) is 52.4. The van der Waals surface area contributed by atoms with E-state index in [9.17, 15) is 29.4 Å². The van der Waals surface area contributed by atoms with Crippen molar-refractivity contribution < 1.29 is 43.6 Å². The number of cyclic esters (lactones) is 1. The van der Waals surface area contributed by atoms with Gasteiger partial charge in [0, 0.05) is 37.9 Å². The molecule has 0 aromatic carbocycles. The molecule has 2 aliphatic heterocycles. The number of ether oxygens (including phenoxy) is 3. The van der Waals surface area contributed by atoms with Crippen LogP contribution in [0.1, 0.15) is 40.5 Å². The maximum absolute atomic E-state index is 13.0. The molecule has 0 aromatic heterocycles. The van der Waals surface area contributed by atoms with E-state index >= 15 is 0 Å². The SMILES string of the molecule is CC(=O)O[C@]1(C)C(=O)OCC2=CCN(C)CC[C@@H](OC(=O)[C@@](O)([C@@H](C)O)C[C@H]1C)C2=O. The Hall–Kier alpha value is -2.30. The van der Waals surface area contributed by atoms with Crippen molar-refractivity contribution in [1.29, 1.82) is 0 Å². The Morgan fingerprint density at radius 2 is 1.97 bits per heavy atom. The van der Waals surface area contributed by atoms with Crippen LogP contribution in [0.4, 0.5) is 0 Å². The van der Waals surface area contributed by atoms with E-state index < -0.39 is 59.4 Å². The molecule has 2 N–H and O–H groups in total. The number of rotatable bonds is 2. The lowest BCUT2D eigenvalue weighted by atomic mass is 9.78. The largest absolute Gasteiger partial charge is 0.458 e. The van der Waals surface area contributed by atoms with Gasteiger partial charge in [-0.2, -0.15) is 0 Å². The van der Waals surface area contributed by atoms with E-state index in [0.717, 1.165) is 6.92 Å². The van der Waals surface area contributed by atoms with E-state index in [-0.39, 0.29) is 18.6 Å². The third kappa shape index (κ3) is 5.31. The number of ketones is 1. The van der Waals surface area contributed by atoms with E-state index in [1.807, 2.05) is 11.9 Å². The number of hydrogen-bond donors (Lipinski definition) is 2. The Labute approximate surface area is 181 Å². The van der Waals surface area contributed by atoms with Crippen LogP contribution in [0, 0.1) is 5.92 Å².